The number of benzene rings is 3. The molecule has 0 radical (unpaired) electrons. The van der Waals surface area contributed by atoms with Gasteiger partial charge in [0.1, 0.15) is 22.9 Å². The third-order valence-corrected chi connectivity index (χ3v) is 6.23. The summed E-state index contributed by atoms with van der Waals surface area (Å²) in [5.41, 5.74) is 2.93. The van der Waals surface area contributed by atoms with Gasteiger partial charge in [-0.15, -0.1) is 0 Å². The molecule has 4 nitrogen and oxygen atoms in total. The molecule has 0 fully saturated rings. The molecule has 0 aromatic heterocycles. The molecule has 1 unspecified atom stereocenters. The zero-order valence-electron chi connectivity index (χ0n) is 16.9. The second kappa shape index (κ2) is 9.49. The Morgan fingerprint density at radius 2 is 1.94 bits per heavy atom. The molecule has 0 aliphatic carbocycles. The second-order valence-corrected chi connectivity index (χ2v) is 8.56. The Hall–Kier alpha value is -3.24. The Bertz CT molecular complexity index is 1280. The average Bonchev–Trinajstić information content (AvgIpc) is 2.80. The van der Waals surface area contributed by atoms with Gasteiger partial charge in [0, 0.05) is 18.1 Å². The van der Waals surface area contributed by atoms with Crippen molar-refractivity contribution in [2.75, 3.05) is 11.8 Å². The number of halogens is 2. The molecule has 0 saturated heterocycles. The smallest absolute Gasteiger partial charge is 0.245 e. The SMILES string of the molecule is COc1ccc(CC#Cc2ccc3c(c2)C(=O)/C(=C\c2ccc(Cl)c(F)c2)[S+]([O-])N3)cc1. The van der Waals surface area contributed by atoms with Crippen LogP contribution in [0.3, 0.4) is 0 Å². The number of Topliss-reactive ketones (excluding diaryl/α,β-unsaturated/α-hetero) is 1. The summed E-state index contributed by atoms with van der Waals surface area (Å²) < 4.78 is 34.2. The van der Waals surface area contributed by atoms with Crippen LogP contribution >= 0.6 is 11.6 Å². The zero-order chi connectivity index (χ0) is 22.7. The van der Waals surface area contributed by atoms with E-state index in [2.05, 4.69) is 16.6 Å². The number of carbonyl (C=O) groups is 1. The van der Waals surface area contributed by atoms with Crippen LogP contribution in [0.25, 0.3) is 6.08 Å². The largest absolute Gasteiger partial charge is 0.588 e. The highest BCUT2D eigenvalue weighted by atomic mass is 35.5. The zero-order valence-corrected chi connectivity index (χ0v) is 18.5. The van der Waals surface area contributed by atoms with Gasteiger partial charge in [0.2, 0.25) is 10.7 Å². The number of ether oxygens (including phenoxy) is 1. The Morgan fingerprint density at radius 3 is 2.66 bits per heavy atom. The van der Waals surface area contributed by atoms with E-state index in [4.69, 9.17) is 16.3 Å². The van der Waals surface area contributed by atoms with Gasteiger partial charge >= 0.3 is 0 Å². The van der Waals surface area contributed by atoms with E-state index in [9.17, 15) is 13.7 Å². The first kappa shape index (κ1) is 22.0. The minimum absolute atomic E-state index is 0.0235. The molecule has 3 aromatic rings. The van der Waals surface area contributed by atoms with Gasteiger partial charge in [-0.1, -0.05) is 41.6 Å². The van der Waals surface area contributed by atoms with Crippen LogP contribution < -0.4 is 9.46 Å². The molecular weight excluding hydrogens is 449 g/mol. The molecule has 0 spiro atoms. The molecule has 3 aromatic carbocycles. The molecule has 32 heavy (non-hydrogen) atoms. The third kappa shape index (κ3) is 4.81. The van der Waals surface area contributed by atoms with Gasteiger partial charge in [0.15, 0.2) is 0 Å². The number of hydrogen-bond acceptors (Lipinski definition) is 4. The molecular formula is C25H17ClFNO3S. The lowest BCUT2D eigenvalue weighted by atomic mass is 10.0. The number of nitrogens with one attached hydrogen (secondary N) is 1. The number of allylic oxidation sites excluding steroid dienone is 1. The molecule has 1 heterocycles. The van der Waals surface area contributed by atoms with Gasteiger partial charge < -0.3 is 9.29 Å². The first-order valence-corrected chi connectivity index (χ1v) is 11.1. The van der Waals surface area contributed by atoms with E-state index in [1.807, 2.05) is 24.3 Å². The lowest BCUT2D eigenvalue weighted by molar-refractivity contribution is 0.104. The van der Waals surface area contributed by atoms with Crippen molar-refractivity contribution in [3.8, 4) is 17.6 Å². The number of methoxy groups -OCH3 is 1. The fourth-order valence-electron chi connectivity index (χ4n) is 3.13. The highest BCUT2D eigenvalue weighted by Gasteiger charge is 2.33. The number of rotatable bonds is 3. The van der Waals surface area contributed by atoms with Gasteiger partial charge in [-0.3, -0.25) is 4.79 Å². The first-order valence-electron chi connectivity index (χ1n) is 9.60. The van der Waals surface area contributed by atoms with Gasteiger partial charge in [0.25, 0.3) is 0 Å². The first-order chi connectivity index (χ1) is 15.4. The molecule has 1 atom stereocenters. The van der Waals surface area contributed by atoms with Crippen LogP contribution in [-0.2, 0) is 17.8 Å². The maximum Gasteiger partial charge on any atom is 0.245 e. The van der Waals surface area contributed by atoms with Gasteiger partial charge in [-0.25, -0.2) is 9.11 Å². The van der Waals surface area contributed by atoms with Crippen LogP contribution in [0.4, 0.5) is 10.1 Å². The molecule has 160 valence electrons. The normalized spacial score (nSPS) is 16.1. The standard InChI is InChI=1S/C25H17ClFNO3S/c1-31-19-9-5-16(6-10-19)3-2-4-17-8-12-23-20(13-17)25(29)24(32(30)28-23)15-18-7-11-21(26)22(27)14-18/h5-15,28H,3H2,1H3/b24-15+. The van der Waals surface area contributed by atoms with Crippen molar-refractivity contribution in [2.24, 2.45) is 0 Å². The summed E-state index contributed by atoms with van der Waals surface area (Å²) in [5.74, 6) is 5.93. The molecule has 0 amide bonds. The monoisotopic (exact) mass is 465 g/mol. The summed E-state index contributed by atoms with van der Waals surface area (Å²) >= 11 is 3.94. The maximum absolute atomic E-state index is 13.7. The second-order valence-electron chi connectivity index (χ2n) is 6.97. The molecule has 7 heteroatoms. The van der Waals surface area contributed by atoms with Crippen molar-refractivity contribution >= 4 is 40.5 Å². The van der Waals surface area contributed by atoms with Crippen LogP contribution in [0.5, 0.6) is 5.75 Å². The predicted octanol–water partition coefficient (Wildman–Crippen LogP) is 5.39. The van der Waals surface area contributed by atoms with Crippen molar-refractivity contribution in [2.45, 2.75) is 6.42 Å². The van der Waals surface area contributed by atoms with E-state index in [0.717, 1.165) is 11.3 Å². The van der Waals surface area contributed by atoms with Gasteiger partial charge in [0.05, 0.1) is 23.4 Å². The molecule has 1 aliphatic heterocycles. The molecule has 1 N–H and O–H groups in total. The van der Waals surface area contributed by atoms with Crippen molar-refractivity contribution in [1.82, 2.24) is 0 Å². The van der Waals surface area contributed by atoms with E-state index >= 15 is 0 Å². The lowest BCUT2D eigenvalue weighted by Gasteiger charge is -2.21. The highest BCUT2D eigenvalue weighted by molar-refractivity contribution is 7.97. The Balaban J connectivity index is 1.57. The third-order valence-electron chi connectivity index (χ3n) is 4.82. The molecule has 1 aliphatic rings. The van der Waals surface area contributed by atoms with Crippen molar-refractivity contribution < 1.29 is 18.5 Å². The predicted molar refractivity (Wildman–Crippen MR) is 126 cm³/mol. The summed E-state index contributed by atoms with van der Waals surface area (Å²) in [5, 5.41) is -0.0235. The average molecular weight is 466 g/mol. The molecule has 0 bridgehead atoms. The van der Waals surface area contributed by atoms with Crippen LogP contribution in [0.15, 0.2) is 65.6 Å². The van der Waals surface area contributed by atoms with Crippen LogP contribution in [0.1, 0.15) is 27.0 Å². The van der Waals surface area contributed by atoms with E-state index < -0.39 is 23.0 Å². The van der Waals surface area contributed by atoms with Crippen molar-refractivity contribution in [3.05, 3.63) is 98.7 Å². The number of ketones is 1. The van der Waals surface area contributed by atoms with Gasteiger partial charge in [-0.2, -0.15) is 0 Å². The Morgan fingerprint density at radius 1 is 1.16 bits per heavy atom. The van der Waals surface area contributed by atoms with Crippen LogP contribution in [0, 0.1) is 17.7 Å². The summed E-state index contributed by atoms with van der Waals surface area (Å²) in [4.78, 5) is 13.0. The molecule has 4 rings (SSSR count). The summed E-state index contributed by atoms with van der Waals surface area (Å²) in [6.07, 6.45) is 1.94. The quantitative estimate of drug-likeness (QED) is 0.320. The minimum atomic E-state index is -1.76. The Kier molecular flexibility index (Phi) is 6.52. The van der Waals surface area contributed by atoms with E-state index in [1.165, 1.54) is 18.2 Å². The lowest BCUT2D eigenvalue weighted by Crippen LogP contribution is -2.27. The van der Waals surface area contributed by atoms with E-state index in [-0.39, 0.29) is 9.93 Å². The van der Waals surface area contributed by atoms with E-state index in [1.54, 1.807) is 31.4 Å². The number of carbonyl (C=O) groups excluding carboxylic acids is 1. The molecule has 0 saturated carbocycles. The number of anilines is 1. The highest BCUT2D eigenvalue weighted by Crippen LogP contribution is 2.31. The van der Waals surface area contributed by atoms with Crippen molar-refractivity contribution in [3.63, 3.8) is 0 Å². The van der Waals surface area contributed by atoms with Gasteiger partial charge in [-0.05, 0) is 53.6 Å². The maximum atomic E-state index is 13.7. The van der Waals surface area contributed by atoms with Crippen LogP contribution in [-0.4, -0.2) is 17.4 Å². The fraction of sp³-hybridized carbons (Fsp3) is 0.0800. The Labute approximate surface area is 193 Å². The number of fused-ring (bicyclic) bond motifs is 1. The summed E-state index contributed by atoms with van der Waals surface area (Å²) in [6, 6.07) is 16.9. The minimum Gasteiger partial charge on any atom is -0.588 e. The van der Waals surface area contributed by atoms with Crippen molar-refractivity contribution in [1.29, 1.82) is 0 Å². The topological polar surface area (TPSA) is 61.4 Å². The summed E-state index contributed by atoms with van der Waals surface area (Å²) in [7, 11) is 1.62. The number of hydrogen-bond donors (Lipinski definition) is 1. The summed E-state index contributed by atoms with van der Waals surface area (Å²) in [6.45, 7) is 0. The van der Waals surface area contributed by atoms with Crippen LogP contribution in [0.2, 0.25) is 5.02 Å². The fourth-order valence-corrected chi connectivity index (χ4v) is 4.26. The van der Waals surface area contributed by atoms with E-state index in [0.29, 0.717) is 28.8 Å².